The van der Waals surface area contributed by atoms with Gasteiger partial charge in [0.2, 0.25) is 5.78 Å². The molecule has 0 N–H and O–H groups in total. The van der Waals surface area contributed by atoms with Crippen molar-refractivity contribution in [2.45, 2.75) is 58.5 Å². The van der Waals surface area contributed by atoms with Crippen LogP contribution in [-0.2, 0) is 11.3 Å². The molecule has 1 saturated carbocycles. The molecule has 1 aromatic carbocycles. The van der Waals surface area contributed by atoms with Gasteiger partial charge in [-0.3, -0.25) is 9.59 Å². The fourth-order valence-electron chi connectivity index (χ4n) is 4.84. The van der Waals surface area contributed by atoms with Gasteiger partial charge >= 0.3 is 5.97 Å². The van der Waals surface area contributed by atoms with E-state index in [1.165, 1.54) is 11.3 Å². The van der Waals surface area contributed by atoms with Crippen molar-refractivity contribution in [3.8, 4) is 0 Å². The molecule has 0 saturated heterocycles. The molecule has 184 valence electrons. The molecule has 3 aromatic rings. The maximum Gasteiger partial charge on any atom is 0.339 e. The van der Waals surface area contributed by atoms with Crippen molar-refractivity contribution in [2.75, 3.05) is 13.7 Å². The van der Waals surface area contributed by atoms with Gasteiger partial charge in [0, 0.05) is 34.9 Å². The first kappa shape index (κ1) is 24.9. The molecule has 7 heteroatoms. The predicted octanol–water partition coefficient (Wildman–Crippen LogP) is 5.66. The Morgan fingerprint density at radius 3 is 2.40 bits per heavy atom. The second kappa shape index (κ2) is 11.0. The van der Waals surface area contributed by atoms with E-state index in [-0.39, 0.29) is 29.9 Å². The Kier molecular flexibility index (Phi) is 7.86. The molecule has 0 radical (unpaired) electrons. The van der Waals surface area contributed by atoms with E-state index in [0.717, 1.165) is 37.1 Å². The number of aryl methyl sites for hydroxylation is 1. The number of thiophene rings is 1. The van der Waals surface area contributed by atoms with Crippen LogP contribution in [0.15, 0.2) is 47.8 Å². The predicted molar refractivity (Wildman–Crippen MR) is 137 cm³/mol. The monoisotopic (exact) mass is 492 g/mol. The summed E-state index contributed by atoms with van der Waals surface area (Å²) >= 11 is 1.67. The number of nitrogens with zero attached hydrogens (tertiary/aromatic N) is 2. The standard InChI is InChI=1S/C28H32N2O4S/c1-19-16-25(20(2)30(19)17-22-12-9-15-35-22)26(31)18-34-28(33)24-14-8-7-13-23(24)27(32)29(3)21-10-5-4-6-11-21/h7-9,12-16,21H,4-6,10-11,17-18H2,1-3H3. The van der Waals surface area contributed by atoms with Crippen LogP contribution < -0.4 is 0 Å². The quantitative estimate of drug-likeness (QED) is 0.301. The van der Waals surface area contributed by atoms with Gasteiger partial charge in [-0.05, 0) is 56.3 Å². The maximum atomic E-state index is 13.2. The van der Waals surface area contributed by atoms with Crippen molar-refractivity contribution in [3.05, 3.63) is 80.8 Å². The summed E-state index contributed by atoms with van der Waals surface area (Å²) < 4.78 is 7.50. The minimum Gasteiger partial charge on any atom is -0.454 e. The van der Waals surface area contributed by atoms with Gasteiger partial charge in [-0.1, -0.05) is 37.5 Å². The number of benzene rings is 1. The number of Topliss-reactive ketones (excluding diaryl/α,β-unsaturated/α-hetero) is 1. The van der Waals surface area contributed by atoms with Crippen molar-refractivity contribution < 1.29 is 19.1 Å². The molecule has 1 aliphatic rings. The third-order valence-electron chi connectivity index (χ3n) is 6.92. The van der Waals surface area contributed by atoms with Crippen LogP contribution >= 0.6 is 11.3 Å². The number of esters is 1. The number of rotatable bonds is 8. The van der Waals surface area contributed by atoms with Crippen LogP contribution in [-0.4, -0.2) is 46.8 Å². The third kappa shape index (κ3) is 5.56. The van der Waals surface area contributed by atoms with Crippen molar-refractivity contribution in [2.24, 2.45) is 0 Å². The van der Waals surface area contributed by atoms with E-state index in [4.69, 9.17) is 4.74 Å². The Balaban J connectivity index is 1.44. The summed E-state index contributed by atoms with van der Waals surface area (Å²) in [4.78, 5) is 42.0. The van der Waals surface area contributed by atoms with Gasteiger partial charge in [-0.25, -0.2) is 4.79 Å². The molecule has 0 bridgehead atoms. The molecule has 1 fully saturated rings. The molecule has 2 aromatic heterocycles. The summed E-state index contributed by atoms with van der Waals surface area (Å²) in [5.74, 6) is -1.10. The highest BCUT2D eigenvalue weighted by Gasteiger charge is 2.27. The molecule has 6 nitrogen and oxygen atoms in total. The number of amides is 1. The lowest BCUT2D eigenvalue weighted by Gasteiger charge is -2.31. The van der Waals surface area contributed by atoms with Crippen molar-refractivity contribution in [3.63, 3.8) is 0 Å². The topological polar surface area (TPSA) is 68.6 Å². The smallest absolute Gasteiger partial charge is 0.339 e. The summed E-state index contributed by atoms with van der Waals surface area (Å²) in [5.41, 5.74) is 2.88. The molecule has 2 heterocycles. The Bertz CT molecular complexity index is 1210. The number of hydrogen-bond donors (Lipinski definition) is 0. The summed E-state index contributed by atoms with van der Waals surface area (Å²) in [6, 6.07) is 12.8. The van der Waals surface area contributed by atoms with Gasteiger partial charge in [0.05, 0.1) is 17.7 Å². The molecule has 35 heavy (non-hydrogen) atoms. The Hall–Kier alpha value is -3.19. The van der Waals surface area contributed by atoms with Crippen LogP contribution in [0.4, 0.5) is 0 Å². The fraction of sp³-hybridized carbons (Fsp3) is 0.393. The molecule has 1 amide bonds. The van der Waals surface area contributed by atoms with Crippen LogP contribution in [0.2, 0.25) is 0 Å². The van der Waals surface area contributed by atoms with Gasteiger partial charge in [0.1, 0.15) is 0 Å². The highest BCUT2D eigenvalue weighted by Crippen LogP contribution is 2.24. The third-order valence-corrected chi connectivity index (χ3v) is 7.78. The van der Waals surface area contributed by atoms with E-state index in [1.807, 2.05) is 31.4 Å². The van der Waals surface area contributed by atoms with Gasteiger partial charge < -0.3 is 14.2 Å². The number of aromatic nitrogens is 1. The Morgan fingerprint density at radius 2 is 1.71 bits per heavy atom. The van der Waals surface area contributed by atoms with Gasteiger partial charge in [0.25, 0.3) is 5.91 Å². The highest BCUT2D eigenvalue weighted by molar-refractivity contribution is 7.09. The van der Waals surface area contributed by atoms with E-state index in [2.05, 4.69) is 10.6 Å². The Morgan fingerprint density at radius 1 is 1.00 bits per heavy atom. The largest absolute Gasteiger partial charge is 0.454 e. The molecule has 0 atom stereocenters. The zero-order chi connectivity index (χ0) is 24.9. The van der Waals surface area contributed by atoms with E-state index in [1.54, 1.807) is 47.5 Å². The van der Waals surface area contributed by atoms with Crippen LogP contribution in [0.25, 0.3) is 0 Å². The van der Waals surface area contributed by atoms with E-state index >= 15 is 0 Å². The first-order valence-corrected chi connectivity index (χ1v) is 13.0. The maximum absolute atomic E-state index is 13.2. The first-order valence-electron chi connectivity index (χ1n) is 12.1. The summed E-state index contributed by atoms with van der Waals surface area (Å²) in [6.07, 6.45) is 5.39. The normalized spacial score (nSPS) is 14.0. The second-order valence-electron chi connectivity index (χ2n) is 9.20. The molecule has 4 rings (SSSR count). The molecule has 0 aliphatic heterocycles. The fourth-order valence-corrected chi connectivity index (χ4v) is 5.54. The van der Waals surface area contributed by atoms with Crippen LogP contribution in [0.1, 0.15) is 79.4 Å². The van der Waals surface area contributed by atoms with Gasteiger partial charge in [-0.15, -0.1) is 11.3 Å². The number of carbonyl (C=O) groups is 3. The summed E-state index contributed by atoms with van der Waals surface area (Å²) in [6.45, 7) is 4.20. The van der Waals surface area contributed by atoms with Gasteiger partial charge in [0.15, 0.2) is 6.61 Å². The average molecular weight is 493 g/mol. The second-order valence-corrected chi connectivity index (χ2v) is 10.2. The molecular formula is C28H32N2O4S. The van der Waals surface area contributed by atoms with Crippen molar-refractivity contribution >= 4 is 29.0 Å². The Labute approximate surface area is 210 Å². The van der Waals surface area contributed by atoms with Crippen molar-refractivity contribution in [1.82, 2.24) is 9.47 Å². The molecular weight excluding hydrogens is 460 g/mol. The number of ether oxygens (including phenoxy) is 1. The highest BCUT2D eigenvalue weighted by atomic mass is 32.1. The lowest BCUT2D eigenvalue weighted by molar-refractivity contribution is 0.0468. The number of carbonyl (C=O) groups excluding carboxylic acids is 3. The molecule has 1 aliphatic carbocycles. The van der Waals surface area contributed by atoms with Crippen LogP contribution in [0.5, 0.6) is 0 Å². The van der Waals surface area contributed by atoms with E-state index in [9.17, 15) is 14.4 Å². The van der Waals surface area contributed by atoms with Crippen LogP contribution in [0, 0.1) is 13.8 Å². The summed E-state index contributed by atoms with van der Waals surface area (Å²) in [7, 11) is 1.80. The summed E-state index contributed by atoms with van der Waals surface area (Å²) in [5, 5.41) is 2.03. The molecule has 0 spiro atoms. The lowest BCUT2D eigenvalue weighted by atomic mass is 9.94. The first-order chi connectivity index (χ1) is 16.9. The minimum atomic E-state index is -0.660. The average Bonchev–Trinajstić information content (AvgIpc) is 3.50. The van der Waals surface area contributed by atoms with E-state index in [0.29, 0.717) is 17.7 Å². The zero-order valence-electron chi connectivity index (χ0n) is 20.6. The minimum absolute atomic E-state index is 0.186. The SMILES string of the molecule is Cc1cc(C(=O)COC(=O)c2ccccc2C(=O)N(C)C2CCCCC2)c(C)n1Cc1cccs1. The van der Waals surface area contributed by atoms with Gasteiger partial charge in [-0.2, -0.15) is 0 Å². The number of ketones is 1. The van der Waals surface area contributed by atoms with Crippen molar-refractivity contribution in [1.29, 1.82) is 0 Å². The number of hydrogen-bond acceptors (Lipinski definition) is 5. The zero-order valence-corrected chi connectivity index (χ0v) is 21.4. The van der Waals surface area contributed by atoms with Crippen LogP contribution in [0.3, 0.4) is 0 Å². The lowest BCUT2D eigenvalue weighted by Crippen LogP contribution is -2.39. The molecule has 0 unspecified atom stereocenters. The van der Waals surface area contributed by atoms with E-state index < -0.39 is 5.97 Å².